The number of aryl methyl sites for hydroxylation is 1. The molecule has 0 saturated carbocycles. The predicted octanol–water partition coefficient (Wildman–Crippen LogP) is 5.81. The van der Waals surface area contributed by atoms with Gasteiger partial charge in [-0.25, -0.2) is 0 Å². The van der Waals surface area contributed by atoms with Gasteiger partial charge in [0.2, 0.25) is 0 Å². The maximum atomic E-state index is 6.18. The average Bonchev–Trinajstić information content (AvgIpc) is 2.53. The Morgan fingerprint density at radius 3 is 2.48 bits per heavy atom. The van der Waals surface area contributed by atoms with Crippen LogP contribution in [0.25, 0.3) is 0 Å². The molecule has 0 spiro atoms. The molecule has 0 bridgehead atoms. The molecule has 0 fully saturated rings. The summed E-state index contributed by atoms with van der Waals surface area (Å²) >= 11 is 18.3. The van der Waals surface area contributed by atoms with Crippen LogP contribution in [0.4, 0.5) is 5.69 Å². The standard InChI is InChI=1S/C17H15Cl3N2O/c1-23-12-5-6-13-10(7-12)3-2-4-16(13)21-22-17-14(19)8-11(18)9-15(17)20/h5-9,22H,2-4H2,1H3/b21-16-. The Balaban J connectivity index is 1.91. The summed E-state index contributed by atoms with van der Waals surface area (Å²) in [5.74, 6) is 0.863. The Morgan fingerprint density at radius 2 is 1.78 bits per heavy atom. The first-order valence-corrected chi connectivity index (χ1v) is 8.36. The molecule has 120 valence electrons. The van der Waals surface area contributed by atoms with Crippen molar-refractivity contribution in [3.63, 3.8) is 0 Å². The number of benzene rings is 2. The maximum absolute atomic E-state index is 6.18. The van der Waals surface area contributed by atoms with Crippen molar-refractivity contribution in [3.8, 4) is 5.75 Å². The van der Waals surface area contributed by atoms with Crippen LogP contribution in [0.15, 0.2) is 35.4 Å². The van der Waals surface area contributed by atoms with Gasteiger partial charge in [0.05, 0.1) is 28.6 Å². The van der Waals surface area contributed by atoms with Crippen molar-refractivity contribution in [1.82, 2.24) is 0 Å². The van der Waals surface area contributed by atoms with E-state index in [4.69, 9.17) is 39.5 Å². The van der Waals surface area contributed by atoms with Crippen molar-refractivity contribution in [2.45, 2.75) is 19.3 Å². The number of hydrogen-bond acceptors (Lipinski definition) is 3. The first-order chi connectivity index (χ1) is 11.1. The summed E-state index contributed by atoms with van der Waals surface area (Å²) < 4.78 is 5.28. The van der Waals surface area contributed by atoms with Crippen LogP contribution >= 0.6 is 34.8 Å². The number of hydrogen-bond donors (Lipinski definition) is 1. The first kappa shape index (κ1) is 16.4. The Hall–Kier alpha value is -1.42. The highest BCUT2D eigenvalue weighted by atomic mass is 35.5. The lowest BCUT2D eigenvalue weighted by Crippen LogP contribution is -2.13. The van der Waals surface area contributed by atoms with Crippen LogP contribution in [0.1, 0.15) is 24.0 Å². The largest absolute Gasteiger partial charge is 0.497 e. The van der Waals surface area contributed by atoms with E-state index in [-0.39, 0.29) is 0 Å². The van der Waals surface area contributed by atoms with Gasteiger partial charge in [-0.15, -0.1) is 0 Å². The fourth-order valence-corrected chi connectivity index (χ4v) is 3.56. The first-order valence-electron chi connectivity index (χ1n) is 7.23. The number of halogens is 3. The number of nitrogens with one attached hydrogen (secondary N) is 1. The lowest BCUT2D eigenvalue weighted by atomic mass is 9.90. The molecule has 0 unspecified atom stereocenters. The highest BCUT2D eigenvalue weighted by Gasteiger charge is 2.17. The molecule has 23 heavy (non-hydrogen) atoms. The Bertz CT molecular complexity index is 751. The van der Waals surface area contributed by atoms with Gasteiger partial charge in [-0.2, -0.15) is 5.10 Å². The van der Waals surface area contributed by atoms with E-state index in [1.165, 1.54) is 5.56 Å². The molecule has 1 aliphatic rings. The van der Waals surface area contributed by atoms with Gasteiger partial charge in [-0.1, -0.05) is 34.8 Å². The smallest absolute Gasteiger partial charge is 0.119 e. The zero-order chi connectivity index (χ0) is 16.4. The topological polar surface area (TPSA) is 33.6 Å². The quantitative estimate of drug-likeness (QED) is 0.693. The van der Waals surface area contributed by atoms with Crippen molar-refractivity contribution >= 4 is 46.2 Å². The van der Waals surface area contributed by atoms with Crippen molar-refractivity contribution in [1.29, 1.82) is 0 Å². The zero-order valence-corrected chi connectivity index (χ0v) is 14.8. The van der Waals surface area contributed by atoms with Crippen molar-refractivity contribution in [3.05, 3.63) is 56.5 Å². The van der Waals surface area contributed by atoms with Gasteiger partial charge in [-0.05, 0) is 55.2 Å². The molecule has 0 heterocycles. The second kappa shape index (κ2) is 7.00. The van der Waals surface area contributed by atoms with E-state index in [1.807, 2.05) is 12.1 Å². The van der Waals surface area contributed by atoms with Crippen LogP contribution in [-0.4, -0.2) is 12.8 Å². The summed E-state index contributed by atoms with van der Waals surface area (Å²) in [7, 11) is 1.67. The van der Waals surface area contributed by atoms with Gasteiger partial charge in [0.15, 0.2) is 0 Å². The Morgan fingerprint density at radius 1 is 1.04 bits per heavy atom. The molecule has 1 aliphatic carbocycles. The molecule has 2 aromatic carbocycles. The number of fused-ring (bicyclic) bond motifs is 1. The molecule has 1 N–H and O–H groups in total. The predicted molar refractivity (Wildman–Crippen MR) is 97.6 cm³/mol. The minimum Gasteiger partial charge on any atom is -0.497 e. The van der Waals surface area contributed by atoms with E-state index < -0.39 is 0 Å². The molecule has 0 aliphatic heterocycles. The minimum absolute atomic E-state index is 0.442. The third kappa shape index (κ3) is 3.57. The molecule has 0 amide bonds. The monoisotopic (exact) mass is 368 g/mol. The summed E-state index contributed by atoms with van der Waals surface area (Å²) in [6.07, 6.45) is 2.96. The van der Waals surface area contributed by atoms with Crippen molar-refractivity contribution in [2.75, 3.05) is 12.5 Å². The molecule has 0 atom stereocenters. The van der Waals surface area contributed by atoms with Gasteiger partial charge in [-0.3, -0.25) is 5.43 Å². The van der Waals surface area contributed by atoms with E-state index >= 15 is 0 Å². The van der Waals surface area contributed by atoms with E-state index in [2.05, 4.69) is 16.6 Å². The third-order valence-electron chi connectivity index (χ3n) is 3.79. The fourth-order valence-electron chi connectivity index (χ4n) is 2.65. The lowest BCUT2D eigenvalue weighted by Gasteiger charge is -2.19. The second-order valence-corrected chi connectivity index (χ2v) is 6.54. The van der Waals surface area contributed by atoms with Crippen LogP contribution in [0.2, 0.25) is 15.1 Å². The summed E-state index contributed by atoms with van der Waals surface area (Å²) in [5.41, 5.74) is 6.90. The number of ether oxygens (including phenoxy) is 1. The molecule has 0 saturated heterocycles. The minimum atomic E-state index is 0.442. The number of hydrazone groups is 1. The molecule has 3 rings (SSSR count). The highest BCUT2D eigenvalue weighted by Crippen LogP contribution is 2.34. The van der Waals surface area contributed by atoms with E-state index in [9.17, 15) is 0 Å². The zero-order valence-electron chi connectivity index (χ0n) is 12.5. The lowest BCUT2D eigenvalue weighted by molar-refractivity contribution is 0.414. The SMILES string of the molecule is COc1ccc2c(c1)CCC/C2=N/Nc1c(Cl)cc(Cl)cc1Cl. The molecule has 0 radical (unpaired) electrons. The van der Waals surface area contributed by atoms with Gasteiger partial charge in [0.25, 0.3) is 0 Å². The van der Waals surface area contributed by atoms with Crippen LogP contribution in [-0.2, 0) is 6.42 Å². The maximum Gasteiger partial charge on any atom is 0.119 e. The molecule has 3 nitrogen and oxygen atoms in total. The number of anilines is 1. The number of nitrogens with zero attached hydrogens (tertiary/aromatic N) is 1. The van der Waals surface area contributed by atoms with Gasteiger partial charge < -0.3 is 4.74 Å². The van der Waals surface area contributed by atoms with Crippen LogP contribution in [0, 0.1) is 0 Å². The summed E-state index contributed by atoms with van der Waals surface area (Å²) in [5, 5.41) is 5.89. The van der Waals surface area contributed by atoms with Crippen molar-refractivity contribution < 1.29 is 4.74 Å². The summed E-state index contributed by atoms with van der Waals surface area (Å²) in [6.45, 7) is 0. The van der Waals surface area contributed by atoms with Gasteiger partial charge in [0.1, 0.15) is 5.75 Å². The third-order valence-corrected chi connectivity index (χ3v) is 4.61. The number of rotatable bonds is 3. The second-order valence-electron chi connectivity index (χ2n) is 5.29. The van der Waals surface area contributed by atoms with Crippen LogP contribution < -0.4 is 10.2 Å². The fraction of sp³-hybridized carbons (Fsp3) is 0.235. The van der Waals surface area contributed by atoms with E-state index in [0.29, 0.717) is 20.8 Å². The molecule has 2 aromatic rings. The molecule has 0 aromatic heterocycles. The van der Waals surface area contributed by atoms with Gasteiger partial charge in [0, 0.05) is 10.6 Å². The highest BCUT2D eigenvalue weighted by molar-refractivity contribution is 6.41. The molecular weight excluding hydrogens is 355 g/mol. The summed E-state index contributed by atoms with van der Waals surface area (Å²) in [6, 6.07) is 9.32. The normalized spacial score (nSPS) is 15.4. The molecule has 6 heteroatoms. The number of methoxy groups -OCH3 is 1. The van der Waals surface area contributed by atoms with Gasteiger partial charge >= 0.3 is 0 Å². The Kier molecular flexibility index (Phi) is 5.00. The van der Waals surface area contributed by atoms with E-state index in [1.54, 1.807) is 19.2 Å². The average molecular weight is 370 g/mol. The Labute approximate surface area is 150 Å². The van der Waals surface area contributed by atoms with Crippen molar-refractivity contribution in [2.24, 2.45) is 5.10 Å². The van der Waals surface area contributed by atoms with Crippen LogP contribution in [0.5, 0.6) is 5.75 Å². The van der Waals surface area contributed by atoms with E-state index in [0.717, 1.165) is 36.3 Å². The van der Waals surface area contributed by atoms with Crippen LogP contribution in [0.3, 0.4) is 0 Å². The molecular formula is C17H15Cl3N2O. The summed E-state index contributed by atoms with van der Waals surface area (Å²) in [4.78, 5) is 0.